The first-order chi connectivity index (χ1) is 16.1. The van der Waals surface area contributed by atoms with Crippen LogP contribution in [-0.2, 0) is 4.74 Å². The third kappa shape index (κ3) is 6.17. The van der Waals surface area contributed by atoms with Crippen molar-refractivity contribution >= 4 is 17.3 Å². The number of rotatable bonds is 6. The molecule has 7 nitrogen and oxygen atoms in total. The zero-order valence-corrected chi connectivity index (χ0v) is 19.2. The normalized spacial score (nSPS) is 14.6. The molecule has 0 radical (unpaired) electrons. The van der Waals surface area contributed by atoms with Crippen molar-refractivity contribution in [3.05, 3.63) is 77.9 Å². The van der Waals surface area contributed by atoms with Crippen molar-refractivity contribution < 1.29 is 23.7 Å². The maximum atomic E-state index is 11.8. The van der Waals surface area contributed by atoms with Crippen LogP contribution in [0.5, 0.6) is 17.2 Å². The van der Waals surface area contributed by atoms with Crippen LogP contribution < -0.4 is 25.3 Å². The Labute approximate surface area is 194 Å². The average molecular weight is 451 g/mol. The van der Waals surface area contributed by atoms with Crippen molar-refractivity contribution in [3.8, 4) is 17.2 Å². The van der Waals surface area contributed by atoms with Crippen molar-refractivity contribution in [1.82, 2.24) is 0 Å². The lowest BCUT2D eigenvalue weighted by molar-refractivity contribution is 0.102. The van der Waals surface area contributed by atoms with Gasteiger partial charge in [0.25, 0.3) is 5.91 Å². The fourth-order valence-corrected chi connectivity index (χ4v) is 3.52. The molecule has 1 aliphatic heterocycles. The summed E-state index contributed by atoms with van der Waals surface area (Å²) in [6.45, 7) is 0.821. The molecule has 1 unspecified atom stereocenters. The van der Waals surface area contributed by atoms with Crippen molar-refractivity contribution in [2.45, 2.75) is 18.9 Å². The summed E-state index contributed by atoms with van der Waals surface area (Å²) >= 11 is 0. The van der Waals surface area contributed by atoms with Crippen LogP contribution in [0.2, 0.25) is 0 Å². The number of benzene rings is 3. The third-order valence-electron chi connectivity index (χ3n) is 5.23. The Morgan fingerprint density at radius 1 is 0.939 bits per heavy atom. The Hall–Kier alpha value is -3.71. The molecule has 1 aliphatic rings. The molecule has 1 fully saturated rings. The van der Waals surface area contributed by atoms with Gasteiger partial charge in [-0.25, -0.2) is 0 Å². The first kappa shape index (κ1) is 23.9. The molecule has 0 saturated carbocycles. The number of anilines is 2. The molecule has 33 heavy (non-hydrogen) atoms. The Kier molecular flexibility index (Phi) is 8.55. The number of nitrogens with one attached hydrogen (secondary N) is 1. The summed E-state index contributed by atoms with van der Waals surface area (Å²) in [7, 11) is 4.85. The minimum absolute atomic E-state index is 0.142. The van der Waals surface area contributed by atoms with E-state index in [-0.39, 0.29) is 12.0 Å². The predicted octanol–water partition coefficient (Wildman–Crippen LogP) is 5.09. The summed E-state index contributed by atoms with van der Waals surface area (Å²) < 4.78 is 21.6. The highest BCUT2D eigenvalue weighted by atomic mass is 16.5. The van der Waals surface area contributed by atoms with E-state index in [4.69, 9.17) is 24.7 Å². The summed E-state index contributed by atoms with van der Waals surface area (Å²) in [6.07, 6.45) is 2.28. The van der Waals surface area contributed by atoms with E-state index in [0.29, 0.717) is 34.2 Å². The van der Waals surface area contributed by atoms with E-state index in [9.17, 15) is 4.79 Å². The molecule has 1 atom stereocenters. The van der Waals surface area contributed by atoms with Gasteiger partial charge in [0.1, 0.15) is 0 Å². The molecule has 3 aromatic carbocycles. The topological polar surface area (TPSA) is 92.0 Å². The monoisotopic (exact) mass is 450 g/mol. The number of para-hydroxylation sites is 2. The summed E-state index contributed by atoms with van der Waals surface area (Å²) in [6, 6.07) is 20.1. The second-order valence-corrected chi connectivity index (χ2v) is 7.37. The van der Waals surface area contributed by atoms with Gasteiger partial charge >= 0.3 is 0 Å². The van der Waals surface area contributed by atoms with Crippen LogP contribution in [0.25, 0.3) is 0 Å². The molecule has 3 N–H and O–H groups in total. The van der Waals surface area contributed by atoms with Crippen LogP contribution in [0.15, 0.2) is 66.7 Å². The van der Waals surface area contributed by atoms with Gasteiger partial charge in [-0.05, 0) is 54.8 Å². The number of hydrogen-bond donors (Lipinski definition) is 2. The molecule has 0 bridgehead atoms. The van der Waals surface area contributed by atoms with E-state index in [0.717, 1.165) is 25.0 Å². The number of nitrogen functional groups attached to an aromatic ring is 1. The highest BCUT2D eigenvalue weighted by molar-refractivity contribution is 6.05. The van der Waals surface area contributed by atoms with Crippen LogP contribution in [0, 0.1) is 0 Å². The number of carbonyl (C=O) groups excluding carboxylic acids is 1. The fraction of sp³-hybridized carbons (Fsp3) is 0.269. The minimum atomic E-state index is -0.154. The van der Waals surface area contributed by atoms with E-state index in [1.54, 1.807) is 45.6 Å². The Morgan fingerprint density at radius 3 is 2.12 bits per heavy atom. The predicted molar refractivity (Wildman–Crippen MR) is 129 cm³/mol. The average Bonchev–Trinajstić information content (AvgIpc) is 3.40. The van der Waals surface area contributed by atoms with Gasteiger partial charge in [0, 0.05) is 12.2 Å². The Morgan fingerprint density at radius 2 is 1.58 bits per heavy atom. The van der Waals surface area contributed by atoms with Gasteiger partial charge in [0.2, 0.25) is 5.75 Å². The minimum Gasteiger partial charge on any atom is -0.493 e. The van der Waals surface area contributed by atoms with Crippen LogP contribution in [0.3, 0.4) is 0 Å². The van der Waals surface area contributed by atoms with Crippen LogP contribution in [-0.4, -0.2) is 33.8 Å². The summed E-state index contributed by atoms with van der Waals surface area (Å²) in [4.78, 5) is 11.8. The van der Waals surface area contributed by atoms with Crippen LogP contribution in [0.4, 0.5) is 11.4 Å². The highest BCUT2D eigenvalue weighted by Crippen LogP contribution is 2.42. The quantitative estimate of drug-likeness (QED) is 0.509. The lowest BCUT2D eigenvalue weighted by Gasteiger charge is -2.16. The van der Waals surface area contributed by atoms with Gasteiger partial charge < -0.3 is 30.0 Å². The molecule has 1 amide bonds. The first-order valence-electron chi connectivity index (χ1n) is 10.7. The number of methoxy groups -OCH3 is 3. The second-order valence-electron chi connectivity index (χ2n) is 7.37. The molecular formula is C26H30N2O5. The van der Waals surface area contributed by atoms with Crippen LogP contribution >= 0.6 is 0 Å². The summed E-state index contributed by atoms with van der Waals surface area (Å²) in [5, 5.41) is 2.76. The van der Waals surface area contributed by atoms with E-state index in [1.165, 1.54) is 0 Å². The van der Waals surface area contributed by atoms with Crippen LogP contribution in [0.1, 0.15) is 34.9 Å². The Balaban J connectivity index is 0.000000186. The maximum Gasteiger partial charge on any atom is 0.255 e. The van der Waals surface area contributed by atoms with Gasteiger partial charge in [-0.2, -0.15) is 0 Å². The molecule has 0 spiro atoms. The van der Waals surface area contributed by atoms with Gasteiger partial charge in [0.05, 0.1) is 38.8 Å². The number of carbonyl (C=O) groups is 1. The summed E-state index contributed by atoms with van der Waals surface area (Å²) in [5.41, 5.74) is 8.63. The van der Waals surface area contributed by atoms with Gasteiger partial charge in [-0.3, -0.25) is 4.79 Å². The molecule has 1 heterocycles. The standard InChI is InChI=1S/C13H12N2O.C13H18O4/c14-11-8-4-5-9-12(11)15-13(16)10-6-2-1-3-7-10;1-14-11-7-9(10-5-4-6-17-10)8-12(15-2)13(11)16-3/h1-9H,14H2,(H,15,16);7-8,10H,4-6H2,1-3H3. The van der Waals surface area contributed by atoms with E-state index in [2.05, 4.69) is 5.32 Å². The molecule has 7 heteroatoms. The zero-order valence-electron chi connectivity index (χ0n) is 19.2. The lowest BCUT2D eigenvalue weighted by atomic mass is 10.1. The number of amides is 1. The molecule has 1 saturated heterocycles. The van der Waals surface area contributed by atoms with Gasteiger partial charge in [-0.15, -0.1) is 0 Å². The van der Waals surface area contributed by atoms with Gasteiger partial charge in [0.15, 0.2) is 11.5 Å². The third-order valence-corrected chi connectivity index (χ3v) is 5.23. The molecule has 0 aliphatic carbocycles. The Bertz CT molecular complexity index is 1020. The van der Waals surface area contributed by atoms with Crippen molar-refractivity contribution in [1.29, 1.82) is 0 Å². The number of ether oxygens (including phenoxy) is 4. The maximum absolute atomic E-state index is 11.8. The smallest absolute Gasteiger partial charge is 0.255 e. The fourth-order valence-electron chi connectivity index (χ4n) is 3.52. The summed E-state index contributed by atoms with van der Waals surface area (Å²) in [5.74, 6) is 1.82. The SMILES string of the molecule is COc1cc(C2CCCO2)cc(OC)c1OC.Nc1ccccc1NC(=O)c1ccccc1. The van der Waals surface area contributed by atoms with E-state index in [1.807, 2.05) is 42.5 Å². The molecule has 0 aromatic heterocycles. The molecule has 174 valence electrons. The molecule has 4 rings (SSSR count). The number of hydrogen-bond acceptors (Lipinski definition) is 6. The lowest BCUT2D eigenvalue weighted by Crippen LogP contribution is -2.12. The van der Waals surface area contributed by atoms with Crippen molar-refractivity contribution in [3.63, 3.8) is 0 Å². The second kappa shape index (κ2) is 11.8. The van der Waals surface area contributed by atoms with E-state index < -0.39 is 0 Å². The van der Waals surface area contributed by atoms with Crippen molar-refractivity contribution in [2.75, 3.05) is 39.0 Å². The highest BCUT2D eigenvalue weighted by Gasteiger charge is 2.22. The first-order valence-corrected chi connectivity index (χ1v) is 10.7. The zero-order chi connectivity index (χ0) is 23.6. The number of nitrogens with two attached hydrogens (primary N) is 1. The van der Waals surface area contributed by atoms with E-state index >= 15 is 0 Å². The van der Waals surface area contributed by atoms with Gasteiger partial charge in [-0.1, -0.05) is 30.3 Å². The molecule has 3 aromatic rings. The van der Waals surface area contributed by atoms with Crippen molar-refractivity contribution in [2.24, 2.45) is 0 Å². The largest absolute Gasteiger partial charge is 0.493 e. The molecular weight excluding hydrogens is 420 g/mol.